The Kier molecular flexibility index (Phi) is 6.14. The highest BCUT2D eigenvalue weighted by Crippen LogP contribution is 2.37. The fourth-order valence-corrected chi connectivity index (χ4v) is 4.92. The lowest BCUT2D eigenvalue weighted by Gasteiger charge is -2.21. The van der Waals surface area contributed by atoms with Crippen LogP contribution < -0.4 is 10.6 Å². The summed E-state index contributed by atoms with van der Waals surface area (Å²) in [5, 5.41) is 4.62. The van der Waals surface area contributed by atoms with Crippen molar-refractivity contribution in [2.24, 2.45) is 0 Å². The number of thioether (sulfide) groups is 1. The molecule has 1 aliphatic heterocycles. The van der Waals surface area contributed by atoms with E-state index in [0.717, 1.165) is 23.1 Å². The number of anilines is 2. The van der Waals surface area contributed by atoms with Crippen LogP contribution in [-0.4, -0.2) is 31.2 Å². The Bertz CT molecular complexity index is 1100. The average Bonchev–Trinajstić information content (AvgIpc) is 2.66. The van der Waals surface area contributed by atoms with Gasteiger partial charge in [-0.25, -0.2) is 8.42 Å². The second kappa shape index (κ2) is 8.31. The van der Waals surface area contributed by atoms with Crippen molar-refractivity contribution in [3.05, 3.63) is 48.0 Å². The molecule has 2 aromatic carbocycles. The average molecular weight is 458 g/mol. The standard InChI is InChI=1S/C19H17F3N2O4S2/c1-11-18(26)24-15-10-14(5-6-16(15)29-11)30(27,28)8-7-17(25)23-13-4-2-3-12(9-13)19(20,21)22/h2-6,9-11H,7-8H2,1H3,(H,23,25)(H,24,26)/t11-/m1/s1. The van der Waals surface area contributed by atoms with E-state index >= 15 is 0 Å². The third-order valence-corrected chi connectivity index (χ3v) is 7.20. The Morgan fingerprint density at radius 1 is 1.20 bits per heavy atom. The maximum atomic E-state index is 12.7. The lowest BCUT2D eigenvalue weighted by Crippen LogP contribution is -2.26. The summed E-state index contributed by atoms with van der Waals surface area (Å²) in [4.78, 5) is 24.5. The summed E-state index contributed by atoms with van der Waals surface area (Å²) in [5.41, 5.74) is -0.608. The van der Waals surface area contributed by atoms with Crippen LogP contribution in [0.3, 0.4) is 0 Å². The van der Waals surface area contributed by atoms with Gasteiger partial charge in [-0.3, -0.25) is 9.59 Å². The van der Waals surface area contributed by atoms with Gasteiger partial charge in [0.2, 0.25) is 11.8 Å². The first-order valence-electron chi connectivity index (χ1n) is 8.77. The fourth-order valence-electron chi connectivity index (χ4n) is 2.72. The number of rotatable bonds is 5. The predicted molar refractivity (Wildman–Crippen MR) is 107 cm³/mol. The van der Waals surface area contributed by atoms with Crippen LogP contribution in [-0.2, 0) is 25.6 Å². The molecule has 160 valence electrons. The molecular formula is C19H17F3N2O4S2. The first kappa shape index (κ1) is 22.2. The summed E-state index contributed by atoms with van der Waals surface area (Å²) >= 11 is 1.31. The summed E-state index contributed by atoms with van der Waals surface area (Å²) in [6, 6.07) is 8.40. The molecule has 6 nitrogen and oxygen atoms in total. The van der Waals surface area contributed by atoms with Gasteiger partial charge in [0.05, 0.1) is 27.1 Å². The molecule has 0 fully saturated rings. The maximum absolute atomic E-state index is 12.7. The molecule has 2 N–H and O–H groups in total. The van der Waals surface area contributed by atoms with E-state index < -0.39 is 39.7 Å². The SMILES string of the molecule is C[C@H]1Sc2ccc(S(=O)(=O)CCC(=O)Nc3cccc(C(F)(F)F)c3)cc2NC1=O. The van der Waals surface area contributed by atoms with Crippen LogP contribution in [0.15, 0.2) is 52.3 Å². The zero-order chi connectivity index (χ0) is 22.1. The Balaban J connectivity index is 1.66. The number of alkyl halides is 3. The molecule has 2 amide bonds. The molecule has 1 atom stereocenters. The summed E-state index contributed by atoms with van der Waals surface area (Å²) in [5.74, 6) is -1.50. The lowest BCUT2D eigenvalue weighted by molar-refractivity contribution is -0.137. The highest BCUT2D eigenvalue weighted by Gasteiger charge is 2.30. The van der Waals surface area contributed by atoms with Gasteiger partial charge in [0.15, 0.2) is 9.84 Å². The molecular weight excluding hydrogens is 441 g/mol. The Morgan fingerprint density at radius 2 is 1.93 bits per heavy atom. The number of carbonyl (C=O) groups excluding carboxylic acids is 2. The molecule has 0 bridgehead atoms. The van der Waals surface area contributed by atoms with Crippen LogP contribution in [0.25, 0.3) is 0 Å². The molecule has 0 unspecified atom stereocenters. The number of carbonyl (C=O) groups is 2. The van der Waals surface area contributed by atoms with Gasteiger partial charge in [-0.15, -0.1) is 11.8 Å². The zero-order valence-electron chi connectivity index (χ0n) is 15.6. The van der Waals surface area contributed by atoms with Gasteiger partial charge in [-0.1, -0.05) is 6.07 Å². The molecule has 0 saturated carbocycles. The first-order chi connectivity index (χ1) is 14.0. The van der Waals surface area contributed by atoms with Crippen molar-refractivity contribution in [2.75, 3.05) is 16.4 Å². The number of hydrogen-bond acceptors (Lipinski definition) is 5. The van der Waals surface area contributed by atoms with E-state index in [2.05, 4.69) is 10.6 Å². The van der Waals surface area contributed by atoms with E-state index in [0.29, 0.717) is 5.69 Å². The van der Waals surface area contributed by atoms with E-state index in [1.165, 1.54) is 30.0 Å². The molecule has 0 saturated heterocycles. The Morgan fingerprint density at radius 3 is 2.63 bits per heavy atom. The van der Waals surface area contributed by atoms with E-state index in [-0.39, 0.29) is 21.7 Å². The molecule has 0 aromatic heterocycles. The molecule has 1 aliphatic rings. The van der Waals surface area contributed by atoms with Crippen LogP contribution in [0, 0.1) is 0 Å². The summed E-state index contributed by atoms with van der Waals surface area (Å²) in [7, 11) is -3.84. The minimum atomic E-state index is -4.55. The van der Waals surface area contributed by atoms with Gasteiger partial charge in [-0.05, 0) is 43.3 Å². The van der Waals surface area contributed by atoms with Crippen LogP contribution in [0.2, 0.25) is 0 Å². The van der Waals surface area contributed by atoms with Gasteiger partial charge >= 0.3 is 6.18 Å². The van der Waals surface area contributed by atoms with Crippen LogP contribution in [0.4, 0.5) is 24.5 Å². The van der Waals surface area contributed by atoms with Gasteiger partial charge < -0.3 is 10.6 Å². The minimum absolute atomic E-state index is 0.0522. The van der Waals surface area contributed by atoms with Crippen LogP contribution >= 0.6 is 11.8 Å². The molecule has 0 radical (unpaired) electrons. The van der Waals surface area contributed by atoms with Crippen molar-refractivity contribution in [3.63, 3.8) is 0 Å². The largest absolute Gasteiger partial charge is 0.416 e. The number of sulfone groups is 1. The van der Waals surface area contributed by atoms with Crippen LogP contribution in [0.5, 0.6) is 0 Å². The van der Waals surface area contributed by atoms with E-state index in [1.807, 2.05) is 0 Å². The highest BCUT2D eigenvalue weighted by molar-refractivity contribution is 8.01. The van der Waals surface area contributed by atoms with Crippen molar-refractivity contribution < 1.29 is 31.2 Å². The minimum Gasteiger partial charge on any atom is -0.326 e. The molecule has 0 spiro atoms. The lowest BCUT2D eigenvalue weighted by atomic mass is 10.2. The van der Waals surface area contributed by atoms with Gasteiger partial charge in [0, 0.05) is 17.0 Å². The fraction of sp³-hybridized carbons (Fsp3) is 0.263. The van der Waals surface area contributed by atoms with Gasteiger partial charge in [0.1, 0.15) is 0 Å². The Labute approximate surface area is 175 Å². The van der Waals surface area contributed by atoms with Crippen molar-refractivity contribution in [3.8, 4) is 0 Å². The quantitative estimate of drug-likeness (QED) is 0.708. The van der Waals surface area contributed by atoms with E-state index in [9.17, 15) is 31.2 Å². The summed E-state index contributed by atoms with van der Waals surface area (Å²) in [6.45, 7) is 1.73. The van der Waals surface area contributed by atoms with Crippen molar-refractivity contribution in [1.82, 2.24) is 0 Å². The topological polar surface area (TPSA) is 92.3 Å². The molecule has 1 heterocycles. The normalized spacial score (nSPS) is 16.5. The molecule has 11 heteroatoms. The molecule has 3 rings (SSSR count). The summed E-state index contributed by atoms with van der Waals surface area (Å²) in [6.07, 6.45) is -4.99. The third-order valence-electron chi connectivity index (χ3n) is 4.31. The first-order valence-corrected chi connectivity index (χ1v) is 11.3. The van der Waals surface area contributed by atoms with Crippen molar-refractivity contribution in [1.29, 1.82) is 0 Å². The number of fused-ring (bicyclic) bond motifs is 1. The molecule has 2 aromatic rings. The monoisotopic (exact) mass is 458 g/mol. The molecule has 30 heavy (non-hydrogen) atoms. The van der Waals surface area contributed by atoms with Crippen molar-refractivity contribution >= 4 is 44.8 Å². The third kappa shape index (κ3) is 5.14. The van der Waals surface area contributed by atoms with Gasteiger partial charge in [-0.2, -0.15) is 13.2 Å². The van der Waals surface area contributed by atoms with E-state index in [1.54, 1.807) is 13.0 Å². The highest BCUT2D eigenvalue weighted by atomic mass is 32.2. The van der Waals surface area contributed by atoms with Gasteiger partial charge in [0.25, 0.3) is 0 Å². The predicted octanol–water partition coefficient (Wildman–Crippen LogP) is 3.94. The number of hydrogen-bond donors (Lipinski definition) is 2. The number of amides is 2. The van der Waals surface area contributed by atoms with Crippen LogP contribution in [0.1, 0.15) is 18.9 Å². The second-order valence-electron chi connectivity index (χ2n) is 6.60. The van der Waals surface area contributed by atoms with E-state index in [4.69, 9.17) is 0 Å². The Hall–Kier alpha value is -2.53. The maximum Gasteiger partial charge on any atom is 0.416 e. The number of benzene rings is 2. The smallest absolute Gasteiger partial charge is 0.326 e. The molecule has 0 aliphatic carbocycles. The zero-order valence-corrected chi connectivity index (χ0v) is 17.2. The number of nitrogens with one attached hydrogen (secondary N) is 2. The number of halogens is 3. The second-order valence-corrected chi connectivity index (χ2v) is 10.1. The summed E-state index contributed by atoms with van der Waals surface area (Å²) < 4.78 is 63.3. The van der Waals surface area contributed by atoms with Crippen molar-refractivity contribution in [2.45, 2.75) is 34.6 Å².